The van der Waals surface area contributed by atoms with E-state index in [1.165, 1.54) is 12.3 Å². The number of aromatic carboxylic acids is 1. The number of nitrogens with zero attached hydrogens (tertiary/aromatic N) is 1. The molecule has 7 nitrogen and oxygen atoms in total. The summed E-state index contributed by atoms with van der Waals surface area (Å²) < 4.78 is 7.53. The summed E-state index contributed by atoms with van der Waals surface area (Å²) in [5.41, 5.74) is 0.605. The van der Waals surface area contributed by atoms with Crippen molar-refractivity contribution in [1.29, 1.82) is 0 Å². The van der Waals surface area contributed by atoms with Crippen molar-refractivity contribution >= 4 is 19.5 Å². The highest BCUT2D eigenvalue weighted by Gasteiger charge is 2.34. The minimum Gasteiger partial charge on any atom is -0.488 e. The van der Waals surface area contributed by atoms with Crippen molar-refractivity contribution in [1.82, 2.24) is 9.55 Å². The second-order valence-electron chi connectivity index (χ2n) is 8.85. The monoisotopic (exact) mass is 418 g/mol. The summed E-state index contributed by atoms with van der Waals surface area (Å²) in [5.74, 6) is -0.418. The first-order valence-corrected chi connectivity index (χ1v) is 9.54. The third-order valence-corrected chi connectivity index (χ3v) is 5.58. The molecular weight excluding hydrogens is 392 g/mol. The van der Waals surface area contributed by atoms with E-state index in [9.17, 15) is 19.5 Å². The number of pyridine rings is 2. The van der Waals surface area contributed by atoms with E-state index in [1.54, 1.807) is 6.07 Å². The number of nitrogens with one attached hydrogen (secondary N) is 1. The molecule has 29 heavy (non-hydrogen) atoms. The number of carboxylic acids is 1. The van der Waals surface area contributed by atoms with Crippen LogP contribution in [0.25, 0.3) is 11.4 Å². The minimum atomic E-state index is -1.25. The minimum absolute atomic E-state index is 0. The zero-order chi connectivity index (χ0) is 20.2. The molecule has 2 aromatic rings. The van der Waals surface area contributed by atoms with Gasteiger partial charge in [0.15, 0.2) is 11.2 Å². The number of H-pyrrole nitrogens is 1. The van der Waals surface area contributed by atoms with E-state index in [-0.39, 0.29) is 36.1 Å². The van der Waals surface area contributed by atoms with Gasteiger partial charge in [-0.25, -0.2) is 4.79 Å². The van der Waals surface area contributed by atoms with E-state index in [0.717, 1.165) is 18.4 Å². The van der Waals surface area contributed by atoms with E-state index >= 15 is 0 Å². The van der Waals surface area contributed by atoms with E-state index < -0.39 is 11.4 Å². The molecule has 0 amide bonds. The molecule has 2 aliphatic rings. The summed E-state index contributed by atoms with van der Waals surface area (Å²) in [6, 6.07) is 3.01. The van der Waals surface area contributed by atoms with Crippen molar-refractivity contribution in [3.8, 4) is 17.1 Å². The summed E-state index contributed by atoms with van der Waals surface area (Å²) in [5, 5.41) is 9.35. The fourth-order valence-electron chi connectivity index (χ4n) is 3.74. The summed E-state index contributed by atoms with van der Waals surface area (Å²) in [6.45, 7) is 6.76. The molecule has 156 valence electrons. The van der Waals surface area contributed by atoms with Crippen LogP contribution in [0.15, 0.2) is 27.9 Å². The number of hydrogen-bond donors (Lipinski definition) is 2. The number of aromatic amines is 1. The summed E-state index contributed by atoms with van der Waals surface area (Å²) in [6.07, 6.45) is 4.27. The molecular formula is C21H26N2O5S. The maximum Gasteiger partial charge on any atom is 0.341 e. The Bertz CT molecular complexity index is 1080. The van der Waals surface area contributed by atoms with E-state index in [2.05, 4.69) is 25.8 Å². The SMILES string of the molecule is CC(C)(C)[C@@H]1Cc2cc(OCC3CC3)c(=O)[nH]c2-c2cc(=O)c(C(=O)O)cn21.S. The average molecular weight is 419 g/mol. The molecule has 1 aliphatic carbocycles. The maximum atomic E-state index is 12.5. The van der Waals surface area contributed by atoms with Gasteiger partial charge in [-0.1, -0.05) is 20.8 Å². The maximum absolute atomic E-state index is 12.5. The van der Waals surface area contributed by atoms with Crippen LogP contribution in [-0.4, -0.2) is 27.2 Å². The van der Waals surface area contributed by atoms with Gasteiger partial charge in [-0.15, -0.1) is 0 Å². The standard InChI is InChI=1S/C21H24N2O5.H2S/c1-21(2,3)17-7-12-6-16(28-10-11-4-5-11)19(25)22-18(12)14-8-15(24)13(20(26)27)9-23(14)17;/h6,8-9,11,17H,4-5,7,10H2,1-3H3,(H,22,25)(H,26,27);1H2/t17-;/m0./s1. The highest BCUT2D eigenvalue weighted by atomic mass is 32.1. The number of hydrogen-bond acceptors (Lipinski definition) is 4. The van der Waals surface area contributed by atoms with Gasteiger partial charge in [0.2, 0.25) is 0 Å². The lowest BCUT2D eigenvalue weighted by atomic mass is 9.80. The Labute approximate surface area is 175 Å². The molecule has 0 bridgehead atoms. The molecule has 3 heterocycles. The molecule has 1 fully saturated rings. The Morgan fingerprint density at radius 3 is 2.55 bits per heavy atom. The lowest BCUT2D eigenvalue weighted by molar-refractivity contribution is 0.0693. The Morgan fingerprint density at radius 1 is 1.28 bits per heavy atom. The normalized spacial score (nSPS) is 17.7. The topological polar surface area (TPSA) is 101 Å². The van der Waals surface area contributed by atoms with E-state index in [0.29, 0.717) is 36.1 Å². The molecule has 0 spiro atoms. The van der Waals surface area contributed by atoms with Crippen LogP contribution in [0.2, 0.25) is 0 Å². The number of carboxylic acid groups (broad SMARTS) is 1. The third-order valence-electron chi connectivity index (χ3n) is 5.58. The Morgan fingerprint density at radius 2 is 1.97 bits per heavy atom. The van der Waals surface area contributed by atoms with Gasteiger partial charge in [0.25, 0.3) is 5.56 Å². The van der Waals surface area contributed by atoms with Crippen LogP contribution in [0.1, 0.15) is 55.6 Å². The predicted molar refractivity (Wildman–Crippen MR) is 115 cm³/mol. The van der Waals surface area contributed by atoms with Gasteiger partial charge in [0.1, 0.15) is 5.56 Å². The van der Waals surface area contributed by atoms with Gasteiger partial charge in [-0.2, -0.15) is 13.5 Å². The lowest BCUT2D eigenvalue weighted by Crippen LogP contribution is -2.34. The highest BCUT2D eigenvalue weighted by Crippen LogP contribution is 2.42. The van der Waals surface area contributed by atoms with Crippen LogP contribution in [0.5, 0.6) is 5.75 Å². The highest BCUT2D eigenvalue weighted by molar-refractivity contribution is 7.59. The molecule has 1 atom stereocenters. The second kappa shape index (κ2) is 7.40. The van der Waals surface area contributed by atoms with Crippen molar-refractivity contribution in [2.75, 3.05) is 6.61 Å². The largest absolute Gasteiger partial charge is 0.488 e. The fourth-order valence-corrected chi connectivity index (χ4v) is 3.74. The number of fused-ring (bicyclic) bond motifs is 3. The Balaban J connectivity index is 0.00000240. The van der Waals surface area contributed by atoms with Crippen LogP contribution >= 0.6 is 13.5 Å². The molecule has 0 unspecified atom stereocenters. The van der Waals surface area contributed by atoms with Gasteiger partial charge >= 0.3 is 5.97 Å². The average Bonchev–Trinajstić information content (AvgIpc) is 3.42. The van der Waals surface area contributed by atoms with Crippen molar-refractivity contribution in [3.63, 3.8) is 0 Å². The van der Waals surface area contributed by atoms with E-state index in [1.807, 2.05) is 4.57 Å². The molecule has 0 radical (unpaired) electrons. The van der Waals surface area contributed by atoms with Crippen molar-refractivity contribution in [3.05, 3.63) is 50.0 Å². The number of carbonyl (C=O) groups is 1. The number of aromatic nitrogens is 2. The second-order valence-corrected chi connectivity index (χ2v) is 8.85. The molecule has 1 saturated carbocycles. The molecule has 0 aromatic carbocycles. The first-order chi connectivity index (χ1) is 13.1. The lowest BCUT2D eigenvalue weighted by Gasteiger charge is -2.38. The molecule has 0 saturated heterocycles. The van der Waals surface area contributed by atoms with Crippen LogP contribution in [0.4, 0.5) is 0 Å². The predicted octanol–water partition coefficient (Wildman–Crippen LogP) is 2.95. The molecule has 2 aromatic heterocycles. The van der Waals surface area contributed by atoms with Gasteiger partial charge in [-0.3, -0.25) is 9.59 Å². The smallest absolute Gasteiger partial charge is 0.341 e. The van der Waals surface area contributed by atoms with Crippen molar-refractivity contribution in [2.24, 2.45) is 11.3 Å². The van der Waals surface area contributed by atoms with E-state index in [4.69, 9.17) is 4.74 Å². The zero-order valence-electron chi connectivity index (χ0n) is 16.7. The Kier molecular flexibility index (Phi) is 5.42. The molecule has 4 rings (SSSR count). The van der Waals surface area contributed by atoms with Gasteiger partial charge in [0.05, 0.1) is 18.0 Å². The third kappa shape index (κ3) is 3.99. The molecule has 2 N–H and O–H groups in total. The summed E-state index contributed by atoms with van der Waals surface area (Å²) in [4.78, 5) is 39.1. The van der Waals surface area contributed by atoms with Crippen molar-refractivity contribution in [2.45, 2.75) is 46.1 Å². The van der Waals surface area contributed by atoms with Gasteiger partial charge < -0.3 is 19.4 Å². The Hall–Kier alpha value is -2.48. The molecule has 8 heteroatoms. The number of ether oxygens (including phenoxy) is 1. The molecule has 1 aliphatic heterocycles. The van der Waals surface area contributed by atoms with Crippen LogP contribution in [0, 0.1) is 11.3 Å². The zero-order valence-corrected chi connectivity index (χ0v) is 17.7. The fraction of sp³-hybridized carbons (Fsp3) is 0.476. The first kappa shape index (κ1) is 21.2. The van der Waals surface area contributed by atoms with Crippen LogP contribution in [0.3, 0.4) is 0 Å². The van der Waals surface area contributed by atoms with Crippen molar-refractivity contribution < 1.29 is 14.6 Å². The van der Waals surface area contributed by atoms with Crippen LogP contribution in [-0.2, 0) is 6.42 Å². The summed E-state index contributed by atoms with van der Waals surface area (Å²) >= 11 is 0. The first-order valence-electron chi connectivity index (χ1n) is 9.54. The summed E-state index contributed by atoms with van der Waals surface area (Å²) in [7, 11) is 0. The quantitative estimate of drug-likeness (QED) is 0.795. The van der Waals surface area contributed by atoms with Crippen LogP contribution < -0.4 is 15.7 Å². The number of rotatable bonds is 4. The van der Waals surface area contributed by atoms with Gasteiger partial charge in [0, 0.05) is 18.3 Å². The van der Waals surface area contributed by atoms with Gasteiger partial charge in [-0.05, 0) is 42.2 Å².